The Kier molecular flexibility index (Phi) is 5.28. The van der Waals surface area contributed by atoms with Crippen molar-refractivity contribution in [3.8, 4) is 10.4 Å². The van der Waals surface area contributed by atoms with Gasteiger partial charge in [0.15, 0.2) is 10.9 Å². The predicted molar refractivity (Wildman–Crippen MR) is 127 cm³/mol. The van der Waals surface area contributed by atoms with E-state index in [9.17, 15) is 4.79 Å². The number of hydrogen-bond acceptors (Lipinski definition) is 9. The Bertz CT molecular complexity index is 1300. The first-order valence-electron chi connectivity index (χ1n) is 10.3. The largest absolute Gasteiger partial charge is 0.354 e. The van der Waals surface area contributed by atoms with Crippen molar-refractivity contribution in [2.45, 2.75) is 12.5 Å². The van der Waals surface area contributed by atoms with Gasteiger partial charge in [-0.15, -0.1) is 0 Å². The van der Waals surface area contributed by atoms with Gasteiger partial charge in [-0.2, -0.15) is 0 Å². The van der Waals surface area contributed by atoms with Gasteiger partial charge < -0.3 is 15.5 Å². The number of fused-ring (bicyclic) bond motifs is 1. The van der Waals surface area contributed by atoms with Gasteiger partial charge in [-0.3, -0.25) is 14.8 Å². The molecule has 0 radical (unpaired) electrons. The molecule has 32 heavy (non-hydrogen) atoms. The summed E-state index contributed by atoms with van der Waals surface area (Å²) < 4.78 is 0. The monoisotopic (exact) mass is 445 g/mol. The van der Waals surface area contributed by atoms with E-state index in [1.165, 1.54) is 0 Å². The van der Waals surface area contributed by atoms with Gasteiger partial charge in [-0.1, -0.05) is 11.3 Å². The van der Waals surface area contributed by atoms with E-state index in [4.69, 9.17) is 5.73 Å². The van der Waals surface area contributed by atoms with E-state index >= 15 is 0 Å². The number of aromatic nitrogens is 4. The summed E-state index contributed by atoms with van der Waals surface area (Å²) in [7, 11) is 3.95. The first-order valence-corrected chi connectivity index (χ1v) is 11.2. The molecule has 0 bridgehead atoms. The highest BCUT2D eigenvalue weighted by Crippen LogP contribution is 2.31. The molecule has 1 fully saturated rings. The van der Waals surface area contributed by atoms with Crippen molar-refractivity contribution in [2.24, 2.45) is 5.73 Å². The number of hydrogen-bond donors (Lipinski definition) is 1. The molecular weight excluding hydrogens is 422 g/mol. The highest BCUT2D eigenvalue weighted by Gasteiger charge is 2.24. The standard InChI is InChI=1S/C23H23N7OS/c1-29(2)23-28-11-21(32-23)16-5-15-6-18(26-10-19(15)27-9-16)8-20(31)14-3-4-25-22(7-14)30-12-17(24)13-30/h3-7,9-11,17H,8,12-13,24H2,1-2H3. The summed E-state index contributed by atoms with van der Waals surface area (Å²) in [5, 5.41) is 1.89. The Balaban J connectivity index is 1.37. The third kappa shape index (κ3) is 4.04. The molecule has 2 N–H and O–H groups in total. The molecule has 0 unspecified atom stereocenters. The van der Waals surface area contributed by atoms with E-state index in [1.807, 2.05) is 43.5 Å². The van der Waals surface area contributed by atoms with E-state index in [1.54, 1.807) is 29.8 Å². The molecule has 4 aromatic rings. The summed E-state index contributed by atoms with van der Waals surface area (Å²) in [6.45, 7) is 1.53. The van der Waals surface area contributed by atoms with E-state index in [0.29, 0.717) is 11.3 Å². The maximum absolute atomic E-state index is 12.9. The van der Waals surface area contributed by atoms with Crippen LogP contribution in [0.25, 0.3) is 21.3 Å². The molecule has 8 nitrogen and oxygen atoms in total. The zero-order chi connectivity index (χ0) is 22.2. The summed E-state index contributed by atoms with van der Waals surface area (Å²) in [5.74, 6) is 0.798. The third-order valence-electron chi connectivity index (χ3n) is 5.43. The van der Waals surface area contributed by atoms with E-state index < -0.39 is 0 Å². The third-order valence-corrected chi connectivity index (χ3v) is 6.64. The van der Waals surface area contributed by atoms with Gasteiger partial charge in [-0.25, -0.2) is 9.97 Å². The summed E-state index contributed by atoms with van der Waals surface area (Å²) in [6.07, 6.45) is 7.31. The highest BCUT2D eigenvalue weighted by atomic mass is 32.1. The first-order chi connectivity index (χ1) is 15.5. The van der Waals surface area contributed by atoms with Gasteiger partial charge in [0.05, 0.1) is 23.0 Å². The predicted octanol–water partition coefficient (Wildman–Crippen LogP) is 2.79. The zero-order valence-electron chi connectivity index (χ0n) is 17.9. The minimum Gasteiger partial charge on any atom is -0.354 e. The molecule has 0 aliphatic carbocycles. The second kappa shape index (κ2) is 8.25. The van der Waals surface area contributed by atoms with Crippen LogP contribution < -0.4 is 15.5 Å². The molecule has 0 atom stereocenters. The number of Topliss-reactive ketones (excluding diaryl/α,β-unsaturated/α-hetero) is 1. The van der Waals surface area contributed by atoms with Crippen molar-refractivity contribution in [3.63, 3.8) is 0 Å². The van der Waals surface area contributed by atoms with Crippen LogP contribution in [0.4, 0.5) is 10.9 Å². The minimum absolute atomic E-state index is 0.00696. The summed E-state index contributed by atoms with van der Waals surface area (Å²) in [5.41, 5.74) is 8.99. The van der Waals surface area contributed by atoms with Crippen LogP contribution in [0, 0.1) is 0 Å². The number of rotatable bonds is 6. The van der Waals surface area contributed by atoms with Gasteiger partial charge in [0, 0.05) is 74.0 Å². The number of nitrogens with zero attached hydrogens (tertiary/aromatic N) is 6. The van der Waals surface area contributed by atoms with Crippen molar-refractivity contribution < 1.29 is 4.79 Å². The van der Waals surface area contributed by atoms with E-state index in [0.717, 1.165) is 45.4 Å². The Labute approximate surface area is 189 Å². The molecule has 0 amide bonds. The number of ketones is 1. The Morgan fingerprint density at radius 1 is 1.12 bits per heavy atom. The molecule has 0 saturated carbocycles. The first kappa shape index (κ1) is 20.5. The van der Waals surface area contributed by atoms with Crippen molar-refractivity contribution >= 4 is 39.0 Å². The molecule has 9 heteroatoms. The van der Waals surface area contributed by atoms with Crippen LogP contribution >= 0.6 is 11.3 Å². The topological polar surface area (TPSA) is 101 Å². The Morgan fingerprint density at radius 2 is 1.97 bits per heavy atom. The molecule has 1 aliphatic heterocycles. The number of nitrogens with two attached hydrogens (primary N) is 1. The van der Waals surface area contributed by atoms with Crippen LogP contribution in [-0.2, 0) is 6.42 Å². The minimum atomic E-state index is 0.00696. The second-order valence-corrected chi connectivity index (χ2v) is 9.17. The van der Waals surface area contributed by atoms with Crippen LogP contribution in [0.5, 0.6) is 0 Å². The average molecular weight is 446 g/mol. The van der Waals surface area contributed by atoms with Crippen molar-refractivity contribution in [1.82, 2.24) is 19.9 Å². The van der Waals surface area contributed by atoms with Gasteiger partial charge in [0.1, 0.15) is 5.82 Å². The molecule has 4 aromatic heterocycles. The fourth-order valence-electron chi connectivity index (χ4n) is 3.64. The van der Waals surface area contributed by atoms with E-state index in [-0.39, 0.29) is 18.2 Å². The second-order valence-electron chi connectivity index (χ2n) is 8.16. The molecular formula is C23H23N7OS. The molecule has 0 aromatic carbocycles. The lowest BCUT2D eigenvalue weighted by Crippen LogP contribution is -2.56. The molecule has 1 saturated heterocycles. The fourth-order valence-corrected chi connectivity index (χ4v) is 4.46. The Hall–Kier alpha value is -3.43. The molecule has 5 heterocycles. The molecule has 162 valence electrons. The van der Waals surface area contributed by atoms with Crippen molar-refractivity contribution in [1.29, 1.82) is 0 Å². The van der Waals surface area contributed by atoms with Crippen LogP contribution in [0.2, 0.25) is 0 Å². The van der Waals surface area contributed by atoms with Crippen LogP contribution in [-0.4, -0.2) is 58.9 Å². The lowest BCUT2D eigenvalue weighted by molar-refractivity contribution is 0.0992. The summed E-state index contributed by atoms with van der Waals surface area (Å²) >= 11 is 1.61. The van der Waals surface area contributed by atoms with Crippen LogP contribution in [0.3, 0.4) is 0 Å². The lowest BCUT2D eigenvalue weighted by atomic mass is 10.0. The van der Waals surface area contributed by atoms with Crippen LogP contribution in [0.1, 0.15) is 16.1 Å². The van der Waals surface area contributed by atoms with Gasteiger partial charge >= 0.3 is 0 Å². The van der Waals surface area contributed by atoms with Gasteiger partial charge in [-0.05, 0) is 24.3 Å². The molecule has 0 spiro atoms. The Morgan fingerprint density at radius 3 is 2.72 bits per heavy atom. The molecule has 5 rings (SSSR count). The average Bonchev–Trinajstić information content (AvgIpc) is 3.27. The van der Waals surface area contributed by atoms with Crippen molar-refractivity contribution in [2.75, 3.05) is 37.0 Å². The summed E-state index contributed by atoms with van der Waals surface area (Å²) in [6, 6.07) is 7.77. The lowest BCUT2D eigenvalue weighted by Gasteiger charge is -2.37. The van der Waals surface area contributed by atoms with E-state index in [2.05, 4.69) is 30.9 Å². The zero-order valence-corrected chi connectivity index (χ0v) is 18.7. The number of carbonyl (C=O) groups is 1. The quantitative estimate of drug-likeness (QED) is 0.452. The highest BCUT2D eigenvalue weighted by molar-refractivity contribution is 7.18. The van der Waals surface area contributed by atoms with Gasteiger partial charge in [0.25, 0.3) is 0 Å². The number of carbonyl (C=O) groups excluding carboxylic acids is 1. The maximum atomic E-state index is 12.9. The van der Waals surface area contributed by atoms with Crippen LogP contribution in [0.15, 0.2) is 49.1 Å². The maximum Gasteiger partial charge on any atom is 0.185 e. The number of pyridine rings is 3. The van der Waals surface area contributed by atoms with Gasteiger partial charge in [0.2, 0.25) is 0 Å². The number of anilines is 2. The number of thiazole rings is 1. The fraction of sp³-hybridized carbons (Fsp3) is 0.261. The smallest absolute Gasteiger partial charge is 0.185 e. The van der Waals surface area contributed by atoms with Crippen molar-refractivity contribution in [3.05, 3.63) is 60.3 Å². The molecule has 1 aliphatic rings. The normalized spacial score (nSPS) is 13.9. The summed E-state index contributed by atoms with van der Waals surface area (Å²) in [4.78, 5) is 35.8. The SMILES string of the molecule is CN(C)c1ncc(-c2cnc3cnc(CC(=O)c4ccnc(N5CC(N)C5)c4)cc3c2)s1.